The normalized spacial score (nSPS) is 21.0. The number of likely N-dealkylation sites (tertiary alicyclic amines) is 1. The van der Waals surface area contributed by atoms with E-state index in [1.807, 2.05) is 31.2 Å². The number of carbonyl (C=O) groups excluding carboxylic acids is 2. The van der Waals surface area contributed by atoms with Crippen LogP contribution in [-0.4, -0.2) is 35.9 Å². The van der Waals surface area contributed by atoms with Gasteiger partial charge in [-0.15, -0.1) is 0 Å². The van der Waals surface area contributed by atoms with Crippen molar-refractivity contribution in [1.82, 2.24) is 4.90 Å². The highest BCUT2D eigenvalue weighted by atomic mass is 19.1. The first-order valence-corrected chi connectivity index (χ1v) is 12.4. The lowest BCUT2D eigenvalue weighted by atomic mass is 9.77. The van der Waals surface area contributed by atoms with Crippen LogP contribution in [0.25, 0.3) is 0 Å². The quantitative estimate of drug-likeness (QED) is 0.414. The van der Waals surface area contributed by atoms with Gasteiger partial charge in [-0.2, -0.15) is 0 Å². The molecule has 0 aliphatic carbocycles. The van der Waals surface area contributed by atoms with Gasteiger partial charge in [0.05, 0.1) is 5.92 Å². The number of piperidine rings is 1. The Labute approximate surface area is 219 Å². The zero-order chi connectivity index (χ0) is 26.7. The van der Waals surface area contributed by atoms with Gasteiger partial charge in [-0.1, -0.05) is 42.0 Å². The first kappa shape index (κ1) is 25.6. The Balaban J connectivity index is 1.57. The van der Waals surface area contributed by atoms with Gasteiger partial charge in [-0.05, 0) is 60.9 Å². The van der Waals surface area contributed by atoms with E-state index < -0.39 is 23.8 Å². The van der Waals surface area contributed by atoms with Crippen LogP contribution in [0.2, 0.25) is 0 Å². The molecule has 0 aromatic heterocycles. The van der Waals surface area contributed by atoms with E-state index in [0.717, 1.165) is 28.8 Å². The molecule has 0 N–H and O–H groups in total. The van der Waals surface area contributed by atoms with Crippen LogP contribution in [0.4, 0.5) is 8.78 Å². The summed E-state index contributed by atoms with van der Waals surface area (Å²) < 4.78 is 45.4. The van der Waals surface area contributed by atoms with Crippen LogP contribution < -0.4 is 4.74 Å². The lowest BCUT2D eigenvalue weighted by Crippen LogP contribution is -2.64. The molecule has 0 amide bonds. The van der Waals surface area contributed by atoms with Crippen molar-refractivity contribution in [3.05, 3.63) is 113 Å². The third-order valence-corrected chi connectivity index (χ3v) is 6.99. The number of carbonyl (C=O) groups is 2. The average Bonchev–Trinajstić information content (AvgIpc) is 3.05. The number of rotatable bonds is 6. The molecule has 6 nitrogen and oxygen atoms in total. The van der Waals surface area contributed by atoms with Gasteiger partial charge in [-0.25, -0.2) is 23.3 Å². The molecule has 0 saturated carbocycles. The largest absolute Gasteiger partial charge is 0.493 e. The predicted molar refractivity (Wildman–Crippen MR) is 135 cm³/mol. The SMILES string of the molecule is Cc1ccc(OCC2C(c3ccc(F)cc3)CCN(Cc3ccc(F)cc3)C23OC(=O)C=CC(=O)O3)cc1. The second-order valence-electron chi connectivity index (χ2n) is 9.53. The Hall–Kier alpha value is -4.04. The first-order valence-electron chi connectivity index (χ1n) is 12.4. The van der Waals surface area contributed by atoms with Crippen molar-refractivity contribution < 1.29 is 32.6 Å². The maximum atomic E-state index is 13.8. The summed E-state index contributed by atoms with van der Waals surface area (Å²) in [7, 11) is 0. The van der Waals surface area contributed by atoms with Crippen LogP contribution >= 0.6 is 0 Å². The zero-order valence-corrected chi connectivity index (χ0v) is 20.8. The minimum Gasteiger partial charge on any atom is -0.493 e. The molecule has 3 aromatic rings. The molecule has 1 spiro atoms. The van der Waals surface area contributed by atoms with Crippen molar-refractivity contribution in [3.8, 4) is 5.75 Å². The number of nitrogens with zero attached hydrogens (tertiary/aromatic N) is 1. The molecule has 0 bridgehead atoms. The number of hydrogen-bond donors (Lipinski definition) is 0. The van der Waals surface area contributed by atoms with Crippen LogP contribution in [0.1, 0.15) is 29.0 Å². The molecule has 38 heavy (non-hydrogen) atoms. The van der Waals surface area contributed by atoms with E-state index in [9.17, 15) is 18.4 Å². The summed E-state index contributed by atoms with van der Waals surface area (Å²) in [6.45, 7) is 2.60. The molecular weight excluding hydrogens is 492 g/mol. The van der Waals surface area contributed by atoms with E-state index >= 15 is 0 Å². The van der Waals surface area contributed by atoms with Crippen molar-refractivity contribution in [1.29, 1.82) is 0 Å². The lowest BCUT2D eigenvalue weighted by Gasteiger charge is -2.51. The lowest BCUT2D eigenvalue weighted by molar-refractivity contribution is -0.326. The fourth-order valence-electron chi connectivity index (χ4n) is 5.08. The molecule has 8 heteroatoms. The van der Waals surface area contributed by atoms with Crippen molar-refractivity contribution in [2.24, 2.45) is 5.92 Å². The average molecular weight is 520 g/mol. The fraction of sp³-hybridized carbons (Fsp3) is 0.267. The summed E-state index contributed by atoms with van der Waals surface area (Å²) in [6, 6.07) is 19.6. The second kappa shape index (κ2) is 10.8. The fourth-order valence-corrected chi connectivity index (χ4v) is 5.08. The molecule has 2 atom stereocenters. The van der Waals surface area contributed by atoms with Gasteiger partial charge in [0.1, 0.15) is 24.0 Å². The van der Waals surface area contributed by atoms with Gasteiger partial charge in [0.25, 0.3) is 0 Å². The Kier molecular flexibility index (Phi) is 7.24. The molecule has 3 aromatic carbocycles. The summed E-state index contributed by atoms with van der Waals surface area (Å²) in [5.41, 5.74) is 2.61. The number of benzene rings is 3. The number of ether oxygens (including phenoxy) is 3. The van der Waals surface area contributed by atoms with Gasteiger partial charge < -0.3 is 14.2 Å². The molecule has 2 unspecified atom stereocenters. The van der Waals surface area contributed by atoms with Crippen LogP contribution in [0.15, 0.2) is 84.9 Å². The van der Waals surface area contributed by atoms with Gasteiger partial charge in [0.15, 0.2) is 0 Å². The van der Waals surface area contributed by atoms with Crippen molar-refractivity contribution >= 4 is 11.9 Å². The number of hydrogen-bond acceptors (Lipinski definition) is 6. The third kappa shape index (κ3) is 5.45. The van der Waals surface area contributed by atoms with E-state index in [1.54, 1.807) is 29.2 Å². The first-order chi connectivity index (χ1) is 18.3. The van der Waals surface area contributed by atoms with Crippen LogP contribution in [0.3, 0.4) is 0 Å². The number of esters is 2. The van der Waals surface area contributed by atoms with Crippen molar-refractivity contribution in [2.45, 2.75) is 31.7 Å². The van der Waals surface area contributed by atoms with Crippen molar-refractivity contribution in [3.63, 3.8) is 0 Å². The summed E-state index contributed by atoms with van der Waals surface area (Å²) >= 11 is 0. The maximum absolute atomic E-state index is 13.8. The maximum Gasteiger partial charge on any atom is 0.335 e. The van der Waals surface area contributed by atoms with E-state index in [1.165, 1.54) is 24.3 Å². The van der Waals surface area contributed by atoms with Gasteiger partial charge in [-0.3, -0.25) is 0 Å². The van der Waals surface area contributed by atoms with Crippen molar-refractivity contribution in [2.75, 3.05) is 13.2 Å². The minimum absolute atomic E-state index is 0.0333. The summed E-state index contributed by atoms with van der Waals surface area (Å²) in [6.07, 6.45) is 2.65. The Morgan fingerprint density at radius 3 is 2.05 bits per heavy atom. The Bertz CT molecular complexity index is 1300. The highest BCUT2D eigenvalue weighted by molar-refractivity contribution is 5.93. The Morgan fingerprint density at radius 1 is 0.868 bits per heavy atom. The number of halogens is 2. The third-order valence-electron chi connectivity index (χ3n) is 6.99. The number of aryl methyl sites for hydroxylation is 1. The predicted octanol–water partition coefficient (Wildman–Crippen LogP) is 5.27. The van der Waals surface area contributed by atoms with Gasteiger partial charge >= 0.3 is 17.8 Å². The second-order valence-corrected chi connectivity index (χ2v) is 9.53. The highest BCUT2D eigenvalue weighted by Crippen LogP contribution is 2.46. The summed E-state index contributed by atoms with van der Waals surface area (Å²) in [5, 5.41) is 0. The van der Waals surface area contributed by atoms with Gasteiger partial charge in [0, 0.05) is 31.2 Å². The molecule has 2 aliphatic rings. The molecule has 2 heterocycles. The molecule has 5 rings (SSSR count). The van der Waals surface area contributed by atoms with E-state index in [4.69, 9.17) is 14.2 Å². The molecule has 1 fully saturated rings. The van der Waals surface area contributed by atoms with Crippen LogP contribution in [0, 0.1) is 24.5 Å². The topological polar surface area (TPSA) is 65.1 Å². The summed E-state index contributed by atoms with van der Waals surface area (Å²) in [5.74, 6) is -4.43. The van der Waals surface area contributed by atoms with E-state index in [-0.39, 0.29) is 30.7 Å². The molecular formula is C30H27F2NO5. The smallest absolute Gasteiger partial charge is 0.335 e. The molecule has 2 aliphatic heterocycles. The van der Waals surface area contributed by atoms with Crippen LogP contribution in [0.5, 0.6) is 5.75 Å². The molecule has 196 valence electrons. The molecule has 0 radical (unpaired) electrons. The Morgan fingerprint density at radius 2 is 1.45 bits per heavy atom. The minimum atomic E-state index is -1.83. The van der Waals surface area contributed by atoms with E-state index in [2.05, 4.69) is 0 Å². The zero-order valence-electron chi connectivity index (χ0n) is 20.8. The van der Waals surface area contributed by atoms with E-state index in [0.29, 0.717) is 18.7 Å². The van der Waals surface area contributed by atoms with Gasteiger partial charge in [0.2, 0.25) is 0 Å². The standard InChI is InChI=1S/C30H27F2NO5/c1-20-2-12-25(13-3-20)36-19-27-26(22-6-10-24(32)11-7-22)16-17-33(18-21-4-8-23(31)9-5-21)30(27)37-28(34)14-15-29(35)38-30/h2-15,26-27H,16-19H2,1H3. The molecule has 1 saturated heterocycles. The monoisotopic (exact) mass is 519 g/mol. The van der Waals surface area contributed by atoms with Crippen LogP contribution in [-0.2, 0) is 25.6 Å². The summed E-state index contributed by atoms with van der Waals surface area (Å²) in [4.78, 5) is 27.3. The highest BCUT2D eigenvalue weighted by Gasteiger charge is 2.58.